The summed E-state index contributed by atoms with van der Waals surface area (Å²) in [6.45, 7) is 4.00. The van der Waals surface area contributed by atoms with Gasteiger partial charge in [-0.1, -0.05) is 35.4 Å². The van der Waals surface area contributed by atoms with E-state index in [0.717, 1.165) is 16.7 Å². The first-order valence-corrected chi connectivity index (χ1v) is 7.60. The van der Waals surface area contributed by atoms with Crippen molar-refractivity contribution in [1.82, 2.24) is 0 Å². The molecule has 0 aliphatic carbocycles. The van der Waals surface area contributed by atoms with Crippen molar-refractivity contribution < 1.29 is 14.3 Å². The summed E-state index contributed by atoms with van der Waals surface area (Å²) in [5.41, 5.74) is 3.75. The molecule has 2 rings (SSSR count). The smallest absolute Gasteiger partial charge is 0.228 e. The van der Waals surface area contributed by atoms with Crippen LogP contribution in [0, 0.1) is 13.8 Å². The Morgan fingerprint density at radius 1 is 1.09 bits per heavy atom. The van der Waals surface area contributed by atoms with Crippen LogP contribution in [0.1, 0.15) is 16.7 Å². The zero-order valence-corrected chi connectivity index (χ0v) is 14.5. The van der Waals surface area contributed by atoms with Crippen LogP contribution in [0.3, 0.4) is 0 Å². The Hall–Kier alpha value is -2.20. The van der Waals surface area contributed by atoms with Crippen molar-refractivity contribution in [3.05, 3.63) is 52.0 Å². The van der Waals surface area contributed by atoms with Crippen molar-refractivity contribution >= 4 is 23.2 Å². The fraction of sp³-hybridized carbons (Fsp3) is 0.278. The second-order valence-electron chi connectivity index (χ2n) is 5.34. The van der Waals surface area contributed by atoms with Gasteiger partial charge in [-0.15, -0.1) is 0 Å². The van der Waals surface area contributed by atoms with Crippen molar-refractivity contribution in [2.75, 3.05) is 19.5 Å². The number of amides is 1. The van der Waals surface area contributed by atoms with Gasteiger partial charge in [0.15, 0.2) is 0 Å². The number of methoxy groups -OCH3 is 2. The lowest BCUT2D eigenvalue weighted by Gasteiger charge is -2.14. The molecule has 0 fully saturated rings. The Kier molecular flexibility index (Phi) is 5.50. The molecule has 2 aromatic carbocycles. The van der Waals surface area contributed by atoms with Gasteiger partial charge in [0.1, 0.15) is 11.5 Å². The predicted octanol–water partition coefficient (Wildman–Crippen LogP) is 4.16. The molecule has 0 unspecified atom stereocenters. The number of hydrogen-bond acceptors (Lipinski definition) is 3. The number of anilines is 1. The van der Waals surface area contributed by atoms with Crippen molar-refractivity contribution in [2.45, 2.75) is 20.3 Å². The average molecular weight is 334 g/mol. The Balaban J connectivity index is 2.21. The lowest BCUT2D eigenvalue weighted by Crippen LogP contribution is -2.16. The molecular weight excluding hydrogens is 314 g/mol. The minimum atomic E-state index is -0.124. The second-order valence-corrected chi connectivity index (χ2v) is 5.75. The topological polar surface area (TPSA) is 47.6 Å². The van der Waals surface area contributed by atoms with Crippen molar-refractivity contribution in [3.63, 3.8) is 0 Å². The number of halogens is 1. The van der Waals surface area contributed by atoms with E-state index in [0.29, 0.717) is 28.6 Å². The molecule has 0 bridgehead atoms. The fourth-order valence-corrected chi connectivity index (χ4v) is 2.55. The Morgan fingerprint density at radius 3 is 2.43 bits per heavy atom. The molecule has 0 radical (unpaired) electrons. The van der Waals surface area contributed by atoms with Gasteiger partial charge < -0.3 is 14.8 Å². The minimum Gasteiger partial charge on any atom is -0.495 e. The fourth-order valence-electron chi connectivity index (χ4n) is 2.32. The monoisotopic (exact) mass is 333 g/mol. The average Bonchev–Trinajstić information content (AvgIpc) is 2.52. The van der Waals surface area contributed by atoms with Crippen LogP contribution in [-0.4, -0.2) is 20.1 Å². The number of aryl methyl sites for hydroxylation is 2. The zero-order valence-electron chi connectivity index (χ0n) is 13.7. The van der Waals surface area contributed by atoms with Crippen molar-refractivity contribution in [3.8, 4) is 11.5 Å². The summed E-state index contributed by atoms with van der Waals surface area (Å²) in [6.07, 6.45) is 0.293. The van der Waals surface area contributed by atoms with E-state index in [-0.39, 0.29) is 5.91 Å². The predicted molar refractivity (Wildman–Crippen MR) is 92.8 cm³/mol. The number of carbonyl (C=O) groups excluding carboxylic acids is 1. The Bertz CT molecular complexity index is 728. The quantitative estimate of drug-likeness (QED) is 0.894. The van der Waals surface area contributed by atoms with E-state index in [9.17, 15) is 4.79 Å². The van der Waals surface area contributed by atoms with Gasteiger partial charge in [-0.05, 0) is 25.0 Å². The summed E-state index contributed by atoms with van der Waals surface area (Å²) in [6, 6.07) is 9.35. The van der Waals surface area contributed by atoms with Crippen LogP contribution in [0.4, 0.5) is 5.69 Å². The molecule has 5 heteroatoms. The first-order chi connectivity index (χ1) is 10.9. The molecule has 0 saturated heterocycles. The molecule has 0 aliphatic heterocycles. The van der Waals surface area contributed by atoms with E-state index in [4.69, 9.17) is 21.1 Å². The summed E-state index contributed by atoms with van der Waals surface area (Å²) in [7, 11) is 3.05. The molecule has 4 nitrogen and oxygen atoms in total. The maximum atomic E-state index is 12.4. The molecule has 0 aromatic heterocycles. The van der Waals surface area contributed by atoms with E-state index in [1.54, 1.807) is 12.1 Å². The summed E-state index contributed by atoms with van der Waals surface area (Å²) in [5, 5.41) is 3.28. The van der Waals surface area contributed by atoms with Gasteiger partial charge in [-0.25, -0.2) is 0 Å². The summed E-state index contributed by atoms with van der Waals surface area (Å²) in [5.74, 6) is 0.848. The molecule has 1 N–H and O–H groups in total. The SMILES string of the molecule is COc1cc(NC(=O)Cc2cc(C)ccc2C)c(OC)cc1Cl. The van der Waals surface area contributed by atoms with Crippen LogP contribution in [0.25, 0.3) is 0 Å². The first kappa shape index (κ1) is 17.2. The number of carbonyl (C=O) groups is 1. The van der Waals surface area contributed by atoms with E-state index >= 15 is 0 Å². The lowest BCUT2D eigenvalue weighted by molar-refractivity contribution is -0.115. The van der Waals surface area contributed by atoms with E-state index in [2.05, 4.69) is 5.32 Å². The molecular formula is C18H20ClNO3. The van der Waals surface area contributed by atoms with Gasteiger partial charge in [0, 0.05) is 12.1 Å². The van der Waals surface area contributed by atoms with Crippen molar-refractivity contribution in [1.29, 1.82) is 0 Å². The Morgan fingerprint density at radius 2 is 1.78 bits per heavy atom. The van der Waals surface area contributed by atoms with Gasteiger partial charge in [-0.2, -0.15) is 0 Å². The third kappa shape index (κ3) is 4.17. The minimum absolute atomic E-state index is 0.124. The molecule has 23 heavy (non-hydrogen) atoms. The van der Waals surface area contributed by atoms with Crippen LogP contribution in [0.15, 0.2) is 30.3 Å². The maximum Gasteiger partial charge on any atom is 0.228 e. The van der Waals surface area contributed by atoms with Crippen LogP contribution in [-0.2, 0) is 11.2 Å². The Labute approximate surface area is 141 Å². The first-order valence-electron chi connectivity index (χ1n) is 7.22. The highest BCUT2D eigenvalue weighted by Gasteiger charge is 2.13. The highest BCUT2D eigenvalue weighted by Crippen LogP contribution is 2.35. The number of benzene rings is 2. The molecule has 0 saturated carbocycles. The van der Waals surface area contributed by atoms with Gasteiger partial charge in [0.25, 0.3) is 0 Å². The molecule has 0 atom stereocenters. The largest absolute Gasteiger partial charge is 0.495 e. The molecule has 0 heterocycles. The van der Waals surface area contributed by atoms with Gasteiger partial charge in [0.05, 0.1) is 31.4 Å². The summed E-state index contributed by atoms with van der Waals surface area (Å²) >= 11 is 6.07. The number of rotatable bonds is 5. The molecule has 1 amide bonds. The summed E-state index contributed by atoms with van der Waals surface area (Å²) < 4.78 is 10.4. The normalized spacial score (nSPS) is 10.3. The zero-order chi connectivity index (χ0) is 17.0. The highest BCUT2D eigenvalue weighted by molar-refractivity contribution is 6.32. The second kappa shape index (κ2) is 7.38. The number of hydrogen-bond donors (Lipinski definition) is 1. The summed E-state index contributed by atoms with van der Waals surface area (Å²) in [4.78, 5) is 12.4. The molecule has 0 spiro atoms. The van der Waals surface area contributed by atoms with Gasteiger partial charge in [0.2, 0.25) is 5.91 Å². The molecule has 122 valence electrons. The number of nitrogens with one attached hydrogen (secondary N) is 1. The molecule has 0 aliphatic rings. The lowest BCUT2D eigenvalue weighted by atomic mass is 10.0. The van der Waals surface area contributed by atoms with Crippen LogP contribution < -0.4 is 14.8 Å². The third-order valence-electron chi connectivity index (χ3n) is 3.60. The third-order valence-corrected chi connectivity index (χ3v) is 3.90. The number of ether oxygens (including phenoxy) is 2. The van der Waals surface area contributed by atoms with E-state index in [1.165, 1.54) is 14.2 Å². The van der Waals surface area contributed by atoms with E-state index < -0.39 is 0 Å². The van der Waals surface area contributed by atoms with Gasteiger partial charge >= 0.3 is 0 Å². The standard InChI is InChI=1S/C18H20ClNO3/c1-11-5-6-12(2)13(7-11)8-18(21)20-15-10-16(22-3)14(19)9-17(15)23-4/h5-7,9-10H,8H2,1-4H3,(H,20,21). The van der Waals surface area contributed by atoms with Gasteiger partial charge in [-0.3, -0.25) is 4.79 Å². The highest BCUT2D eigenvalue weighted by atomic mass is 35.5. The molecule has 2 aromatic rings. The van der Waals surface area contributed by atoms with Crippen LogP contribution in [0.5, 0.6) is 11.5 Å². The maximum absolute atomic E-state index is 12.4. The van der Waals surface area contributed by atoms with E-state index in [1.807, 2.05) is 32.0 Å². The van der Waals surface area contributed by atoms with Crippen LogP contribution in [0.2, 0.25) is 5.02 Å². The van der Waals surface area contributed by atoms with Crippen molar-refractivity contribution in [2.24, 2.45) is 0 Å². The van der Waals surface area contributed by atoms with Crippen LogP contribution >= 0.6 is 11.6 Å².